The number of nitrogens with zero attached hydrogens (tertiary/aromatic N) is 1. The van der Waals surface area contributed by atoms with Crippen molar-refractivity contribution in [2.75, 3.05) is 5.32 Å². The summed E-state index contributed by atoms with van der Waals surface area (Å²) in [6.07, 6.45) is 1.85. The number of halogens is 2. The molecular weight excluding hydrogens is 403 g/mol. The Kier molecular flexibility index (Phi) is 5.60. The molecule has 0 bridgehead atoms. The van der Waals surface area contributed by atoms with E-state index in [2.05, 4.69) is 33.2 Å². The fraction of sp³-hybridized carbons (Fsp3) is 0.158. The summed E-state index contributed by atoms with van der Waals surface area (Å²) in [5, 5.41) is 3.20. The van der Waals surface area contributed by atoms with Crippen LogP contribution >= 0.6 is 27.3 Å². The molecule has 0 aliphatic rings. The number of carbonyl (C=O) groups excluding carboxylic acids is 1. The average molecular weight is 419 g/mol. The van der Waals surface area contributed by atoms with Crippen molar-refractivity contribution in [3.63, 3.8) is 0 Å². The van der Waals surface area contributed by atoms with Crippen molar-refractivity contribution < 1.29 is 9.18 Å². The van der Waals surface area contributed by atoms with Crippen LogP contribution in [0.2, 0.25) is 0 Å². The van der Waals surface area contributed by atoms with E-state index in [-0.39, 0.29) is 5.56 Å². The molecule has 0 spiro atoms. The fourth-order valence-corrected chi connectivity index (χ4v) is 3.79. The van der Waals surface area contributed by atoms with E-state index in [1.54, 1.807) is 12.1 Å². The minimum atomic E-state index is -0.543. The molecule has 3 rings (SSSR count). The summed E-state index contributed by atoms with van der Waals surface area (Å²) in [6.45, 7) is 2.10. The number of hydrogen-bond acceptors (Lipinski definition) is 3. The van der Waals surface area contributed by atoms with Crippen molar-refractivity contribution in [3.8, 4) is 11.3 Å². The smallest absolute Gasteiger partial charge is 0.260 e. The number of anilines is 1. The van der Waals surface area contributed by atoms with Gasteiger partial charge >= 0.3 is 0 Å². The quantitative estimate of drug-likeness (QED) is 0.558. The summed E-state index contributed by atoms with van der Waals surface area (Å²) < 4.78 is 14.8. The number of thiazole rings is 1. The largest absolute Gasteiger partial charge is 0.298 e. The van der Waals surface area contributed by atoms with Crippen LogP contribution in [0.5, 0.6) is 0 Å². The Bertz CT molecular complexity index is 893. The minimum absolute atomic E-state index is 0.0138. The maximum atomic E-state index is 13.8. The van der Waals surface area contributed by atoms with E-state index in [9.17, 15) is 9.18 Å². The van der Waals surface area contributed by atoms with Crippen LogP contribution in [-0.4, -0.2) is 10.9 Å². The molecule has 0 saturated carbocycles. The van der Waals surface area contributed by atoms with E-state index < -0.39 is 11.7 Å². The molecule has 0 aliphatic heterocycles. The summed E-state index contributed by atoms with van der Waals surface area (Å²) in [6, 6.07) is 13.8. The topological polar surface area (TPSA) is 42.0 Å². The third-order valence-electron chi connectivity index (χ3n) is 3.63. The number of rotatable bonds is 5. The predicted molar refractivity (Wildman–Crippen MR) is 104 cm³/mol. The first kappa shape index (κ1) is 17.8. The SMILES string of the molecule is CCCc1sc(NC(=O)c2ccccc2F)nc1-c1ccc(Br)cc1. The summed E-state index contributed by atoms with van der Waals surface area (Å²) in [5.74, 6) is -1.03. The van der Waals surface area contributed by atoms with Crippen LogP contribution in [0, 0.1) is 5.82 Å². The number of aromatic nitrogens is 1. The molecule has 2 aromatic carbocycles. The van der Waals surface area contributed by atoms with E-state index in [4.69, 9.17) is 0 Å². The van der Waals surface area contributed by atoms with Crippen LogP contribution in [0.25, 0.3) is 11.3 Å². The van der Waals surface area contributed by atoms with Crippen LogP contribution in [0.3, 0.4) is 0 Å². The highest BCUT2D eigenvalue weighted by atomic mass is 79.9. The molecule has 1 amide bonds. The van der Waals surface area contributed by atoms with Crippen molar-refractivity contribution in [3.05, 3.63) is 69.3 Å². The molecule has 1 heterocycles. The van der Waals surface area contributed by atoms with Crippen molar-refractivity contribution in [2.24, 2.45) is 0 Å². The molecule has 0 aliphatic carbocycles. The number of hydrogen-bond donors (Lipinski definition) is 1. The van der Waals surface area contributed by atoms with Crippen LogP contribution in [0.4, 0.5) is 9.52 Å². The van der Waals surface area contributed by atoms with Gasteiger partial charge in [-0.2, -0.15) is 0 Å². The second kappa shape index (κ2) is 7.89. The van der Waals surface area contributed by atoms with Crippen molar-refractivity contribution in [1.82, 2.24) is 4.98 Å². The normalized spacial score (nSPS) is 10.7. The summed E-state index contributed by atoms with van der Waals surface area (Å²) >= 11 is 4.86. The Balaban J connectivity index is 1.90. The van der Waals surface area contributed by atoms with Gasteiger partial charge in [0.25, 0.3) is 5.91 Å². The van der Waals surface area contributed by atoms with Gasteiger partial charge in [-0.3, -0.25) is 10.1 Å². The van der Waals surface area contributed by atoms with Crippen LogP contribution in [-0.2, 0) is 6.42 Å². The molecular formula is C19H16BrFN2OS. The maximum absolute atomic E-state index is 13.8. The fourth-order valence-electron chi connectivity index (χ4n) is 2.44. The first-order valence-corrected chi connectivity index (χ1v) is 9.51. The summed E-state index contributed by atoms with van der Waals surface area (Å²) in [4.78, 5) is 18.0. The molecule has 0 saturated heterocycles. The number of nitrogens with one attached hydrogen (secondary N) is 1. The molecule has 0 atom stereocenters. The number of benzene rings is 2. The van der Waals surface area contributed by atoms with Gasteiger partial charge in [0, 0.05) is 14.9 Å². The first-order chi connectivity index (χ1) is 12.1. The number of amides is 1. The van der Waals surface area contributed by atoms with Crippen molar-refractivity contribution >= 4 is 38.3 Å². The Morgan fingerprint density at radius 1 is 1.20 bits per heavy atom. The lowest BCUT2D eigenvalue weighted by molar-refractivity contribution is 0.102. The Morgan fingerprint density at radius 3 is 2.60 bits per heavy atom. The Morgan fingerprint density at radius 2 is 1.92 bits per heavy atom. The van der Waals surface area contributed by atoms with E-state index >= 15 is 0 Å². The third-order valence-corrected chi connectivity index (χ3v) is 5.19. The molecule has 128 valence electrons. The van der Waals surface area contributed by atoms with Gasteiger partial charge in [0.2, 0.25) is 0 Å². The average Bonchev–Trinajstić information content (AvgIpc) is 2.98. The first-order valence-electron chi connectivity index (χ1n) is 7.90. The molecule has 6 heteroatoms. The molecule has 0 radical (unpaired) electrons. The van der Waals surface area contributed by atoms with E-state index in [1.165, 1.54) is 23.5 Å². The third kappa shape index (κ3) is 4.14. The zero-order valence-corrected chi connectivity index (χ0v) is 16.0. The second-order valence-corrected chi connectivity index (χ2v) is 7.48. The second-order valence-electron chi connectivity index (χ2n) is 5.48. The number of carbonyl (C=O) groups is 1. The van der Waals surface area contributed by atoms with Gasteiger partial charge in [0.1, 0.15) is 5.82 Å². The molecule has 3 nitrogen and oxygen atoms in total. The van der Waals surface area contributed by atoms with Gasteiger partial charge in [-0.1, -0.05) is 53.5 Å². The van der Waals surface area contributed by atoms with E-state index in [0.717, 1.165) is 33.4 Å². The highest BCUT2D eigenvalue weighted by Crippen LogP contribution is 2.33. The van der Waals surface area contributed by atoms with Gasteiger partial charge in [-0.25, -0.2) is 9.37 Å². The zero-order chi connectivity index (χ0) is 17.8. The zero-order valence-electron chi connectivity index (χ0n) is 13.6. The highest BCUT2D eigenvalue weighted by Gasteiger charge is 2.16. The van der Waals surface area contributed by atoms with Gasteiger partial charge in [0.05, 0.1) is 11.3 Å². The van der Waals surface area contributed by atoms with Gasteiger partial charge < -0.3 is 0 Å². The molecule has 0 fully saturated rings. The summed E-state index contributed by atoms with van der Waals surface area (Å²) in [5.41, 5.74) is 1.87. The minimum Gasteiger partial charge on any atom is -0.298 e. The van der Waals surface area contributed by atoms with Crippen LogP contribution in [0.15, 0.2) is 53.0 Å². The van der Waals surface area contributed by atoms with Crippen molar-refractivity contribution in [1.29, 1.82) is 0 Å². The monoisotopic (exact) mass is 418 g/mol. The lowest BCUT2D eigenvalue weighted by Gasteiger charge is -2.02. The molecule has 25 heavy (non-hydrogen) atoms. The highest BCUT2D eigenvalue weighted by molar-refractivity contribution is 9.10. The standard InChI is InChI=1S/C19H16BrFN2OS/c1-2-5-16-17(12-8-10-13(20)11-9-12)22-19(25-16)23-18(24)14-6-3-4-7-15(14)21/h3-4,6-11H,2,5H2,1H3,(H,22,23,24). The molecule has 1 N–H and O–H groups in total. The van der Waals surface area contributed by atoms with E-state index in [0.29, 0.717) is 5.13 Å². The molecule has 0 unspecified atom stereocenters. The summed E-state index contributed by atoms with van der Waals surface area (Å²) in [7, 11) is 0. The molecule has 1 aromatic heterocycles. The van der Waals surface area contributed by atoms with E-state index in [1.807, 2.05) is 24.3 Å². The van der Waals surface area contributed by atoms with Crippen molar-refractivity contribution in [2.45, 2.75) is 19.8 Å². The van der Waals surface area contributed by atoms with Crippen LogP contribution in [0.1, 0.15) is 28.6 Å². The lowest BCUT2D eigenvalue weighted by atomic mass is 10.1. The molecule has 3 aromatic rings. The Labute approximate surface area is 158 Å². The van der Waals surface area contributed by atoms with Crippen LogP contribution < -0.4 is 5.32 Å². The van der Waals surface area contributed by atoms with Gasteiger partial charge in [-0.15, -0.1) is 11.3 Å². The van der Waals surface area contributed by atoms with Gasteiger partial charge in [0.15, 0.2) is 5.13 Å². The predicted octanol–water partition coefficient (Wildman–Crippen LogP) is 5.92. The maximum Gasteiger partial charge on any atom is 0.260 e. The van der Waals surface area contributed by atoms with Gasteiger partial charge in [-0.05, 0) is 30.7 Å². The Hall–Kier alpha value is -2.05. The lowest BCUT2D eigenvalue weighted by Crippen LogP contribution is -2.13. The number of aryl methyl sites for hydroxylation is 1.